The van der Waals surface area contributed by atoms with Gasteiger partial charge >= 0.3 is 19.0 Å². The number of carboxylic acid groups (broad SMARTS) is 1. The van der Waals surface area contributed by atoms with Crippen molar-refractivity contribution in [3.05, 3.63) is 0 Å². The zero-order chi connectivity index (χ0) is 13.1. The fourth-order valence-electron chi connectivity index (χ4n) is 2.05. The van der Waals surface area contributed by atoms with E-state index in [1.54, 1.807) is 18.6 Å². The largest absolute Gasteiger partial charge is 0.480 e. The summed E-state index contributed by atoms with van der Waals surface area (Å²) in [7, 11) is -0.621. The first-order chi connectivity index (χ1) is 7.94. The molecule has 0 aromatic heterocycles. The topological polar surface area (TPSA) is 87.1 Å². The van der Waals surface area contributed by atoms with Crippen LogP contribution in [0.15, 0.2) is 0 Å². The maximum absolute atomic E-state index is 11.8. The summed E-state index contributed by atoms with van der Waals surface area (Å²) in [5.41, 5.74) is -1.44. The molecule has 0 spiro atoms. The molecule has 6 nitrogen and oxygen atoms in total. The first kappa shape index (κ1) is 14.0. The zero-order valence-electron chi connectivity index (χ0n) is 10.2. The molecule has 2 N–H and O–H groups in total. The average Bonchev–Trinajstić information content (AvgIpc) is 2.29. The third-order valence-corrected chi connectivity index (χ3v) is 3.26. The summed E-state index contributed by atoms with van der Waals surface area (Å²) in [6, 6.07) is 0. The van der Waals surface area contributed by atoms with E-state index in [9.17, 15) is 19.7 Å². The number of esters is 1. The van der Waals surface area contributed by atoms with E-state index in [1.165, 1.54) is 0 Å². The predicted octanol–water partition coefficient (Wildman–Crippen LogP) is -0.173. The Morgan fingerprint density at radius 3 is 2.29 bits per heavy atom. The average molecular weight is 243 g/mol. The monoisotopic (exact) mass is 243 g/mol. The number of ether oxygens (including phenoxy) is 1. The van der Waals surface area contributed by atoms with Gasteiger partial charge < -0.3 is 19.7 Å². The fraction of sp³-hybridized carbons (Fsp3) is 0.800. The van der Waals surface area contributed by atoms with Gasteiger partial charge in [0.2, 0.25) is 0 Å². The Labute approximate surface area is 101 Å². The number of carbonyl (C=O) groups excluding carboxylic acids is 1. The Balaban J connectivity index is 2.77. The molecule has 0 unspecified atom stereocenters. The van der Waals surface area contributed by atoms with Gasteiger partial charge in [0, 0.05) is 0 Å². The molecule has 0 aromatic rings. The maximum Gasteiger partial charge on any atom is 0.376 e. The van der Waals surface area contributed by atoms with E-state index in [0.717, 1.165) is 0 Å². The highest BCUT2D eigenvalue weighted by molar-refractivity contribution is 6.45. The first-order valence-corrected chi connectivity index (χ1v) is 5.77. The van der Waals surface area contributed by atoms with Crippen molar-refractivity contribution < 1.29 is 24.5 Å². The van der Waals surface area contributed by atoms with E-state index in [2.05, 4.69) is 0 Å². The Morgan fingerprint density at radius 2 is 1.94 bits per heavy atom. The van der Waals surface area contributed by atoms with Gasteiger partial charge in [-0.05, 0) is 39.7 Å². The van der Waals surface area contributed by atoms with Crippen LogP contribution in [0.3, 0.4) is 0 Å². The number of rotatable bonds is 4. The number of hydrogen-bond acceptors (Lipinski definition) is 5. The molecule has 0 radical (unpaired) electrons. The lowest BCUT2D eigenvalue weighted by molar-refractivity contribution is -0.171. The van der Waals surface area contributed by atoms with E-state index < -0.39 is 24.4 Å². The van der Waals surface area contributed by atoms with Gasteiger partial charge in [-0.25, -0.2) is 0 Å². The molecular weight excluding hydrogens is 225 g/mol. The van der Waals surface area contributed by atoms with Crippen LogP contribution in [0, 0.1) is 5.41 Å². The summed E-state index contributed by atoms with van der Waals surface area (Å²) >= 11 is 0. The van der Waals surface area contributed by atoms with Gasteiger partial charge in [0.15, 0.2) is 5.41 Å². The van der Waals surface area contributed by atoms with Gasteiger partial charge in [-0.1, -0.05) is 0 Å². The molecule has 17 heavy (non-hydrogen) atoms. The molecule has 1 heterocycles. The molecule has 0 aliphatic carbocycles. The van der Waals surface area contributed by atoms with Crippen molar-refractivity contribution in [3.63, 3.8) is 0 Å². The van der Waals surface area contributed by atoms with Gasteiger partial charge in [0.05, 0.1) is 6.61 Å². The van der Waals surface area contributed by atoms with Crippen molar-refractivity contribution in [2.24, 2.45) is 5.41 Å². The van der Waals surface area contributed by atoms with Crippen LogP contribution in [-0.2, 0) is 14.3 Å². The Hall–Kier alpha value is -1.08. The SMILES string of the molecule is CCOC(=O)C1(C(=O)O)CCN(B(C)O)CC1. The zero-order valence-corrected chi connectivity index (χ0v) is 10.2. The third kappa shape index (κ3) is 2.78. The number of hydrogen-bond donors (Lipinski definition) is 2. The highest BCUT2D eigenvalue weighted by Gasteiger charge is 2.50. The minimum absolute atomic E-state index is 0.173. The van der Waals surface area contributed by atoms with E-state index in [4.69, 9.17) is 4.74 Å². The van der Waals surface area contributed by atoms with Gasteiger partial charge in [-0.2, -0.15) is 0 Å². The van der Waals surface area contributed by atoms with E-state index in [-0.39, 0.29) is 19.4 Å². The minimum Gasteiger partial charge on any atom is -0.480 e. The molecule has 1 aliphatic rings. The number of carboxylic acids is 1. The summed E-state index contributed by atoms with van der Waals surface area (Å²) in [4.78, 5) is 24.8. The smallest absolute Gasteiger partial charge is 0.376 e. The van der Waals surface area contributed by atoms with Crippen LogP contribution in [0.5, 0.6) is 0 Å². The molecule has 1 aliphatic heterocycles. The van der Waals surface area contributed by atoms with Crippen molar-refractivity contribution in [3.8, 4) is 0 Å². The number of nitrogens with zero attached hydrogens (tertiary/aromatic N) is 1. The molecule has 1 fully saturated rings. The molecule has 0 aromatic carbocycles. The predicted molar refractivity (Wildman–Crippen MR) is 61.3 cm³/mol. The van der Waals surface area contributed by atoms with Crippen LogP contribution < -0.4 is 0 Å². The second kappa shape index (κ2) is 5.51. The lowest BCUT2D eigenvalue weighted by atomic mass is 9.73. The third-order valence-electron chi connectivity index (χ3n) is 3.26. The standard InChI is InChI=1S/C10H18BNO5/c1-3-17-9(15)10(8(13)14)4-6-12(7-5-10)11(2)16/h16H,3-7H2,1-2H3,(H,13,14). The number of piperidine rings is 1. The Morgan fingerprint density at radius 1 is 1.41 bits per heavy atom. The minimum atomic E-state index is -1.44. The van der Waals surface area contributed by atoms with Gasteiger partial charge in [-0.15, -0.1) is 0 Å². The van der Waals surface area contributed by atoms with Gasteiger partial charge in [-0.3, -0.25) is 9.59 Å². The van der Waals surface area contributed by atoms with Crippen molar-refractivity contribution in [1.82, 2.24) is 4.81 Å². The van der Waals surface area contributed by atoms with Crippen LogP contribution in [-0.4, -0.2) is 53.6 Å². The van der Waals surface area contributed by atoms with E-state index in [0.29, 0.717) is 13.1 Å². The molecule has 0 atom stereocenters. The fourth-order valence-corrected chi connectivity index (χ4v) is 2.05. The van der Waals surface area contributed by atoms with Crippen LogP contribution in [0.2, 0.25) is 6.82 Å². The lowest BCUT2D eigenvalue weighted by Crippen LogP contribution is -2.52. The highest BCUT2D eigenvalue weighted by Crippen LogP contribution is 2.33. The van der Waals surface area contributed by atoms with E-state index >= 15 is 0 Å². The van der Waals surface area contributed by atoms with E-state index in [1.807, 2.05) is 0 Å². The molecule has 0 saturated carbocycles. The van der Waals surface area contributed by atoms with Crippen LogP contribution in [0.4, 0.5) is 0 Å². The molecular formula is C10H18BNO5. The normalized spacial score (nSPS) is 19.7. The summed E-state index contributed by atoms with van der Waals surface area (Å²) in [5.74, 6) is -1.81. The molecule has 0 amide bonds. The Bertz CT molecular complexity index is 299. The molecule has 1 rings (SSSR count). The van der Waals surface area contributed by atoms with Crippen LogP contribution >= 0.6 is 0 Å². The Kier molecular flexibility index (Phi) is 4.53. The molecule has 96 valence electrons. The number of carbonyl (C=O) groups is 2. The molecule has 7 heteroatoms. The van der Waals surface area contributed by atoms with Crippen LogP contribution in [0.25, 0.3) is 0 Å². The van der Waals surface area contributed by atoms with Crippen molar-refractivity contribution in [2.75, 3.05) is 19.7 Å². The van der Waals surface area contributed by atoms with Crippen molar-refractivity contribution in [1.29, 1.82) is 0 Å². The maximum atomic E-state index is 11.8. The summed E-state index contributed by atoms with van der Waals surface area (Å²) in [6.45, 7) is 4.20. The van der Waals surface area contributed by atoms with Crippen molar-refractivity contribution in [2.45, 2.75) is 26.6 Å². The molecule has 1 saturated heterocycles. The van der Waals surface area contributed by atoms with Crippen molar-refractivity contribution >= 4 is 19.0 Å². The number of aliphatic carboxylic acids is 1. The van der Waals surface area contributed by atoms with Gasteiger partial charge in [0.25, 0.3) is 0 Å². The first-order valence-electron chi connectivity index (χ1n) is 5.77. The van der Waals surface area contributed by atoms with Gasteiger partial charge in [0.1, 0.15) is 0 Å². The second-order valence-corrected chi connectivity index (χ2v) is 4.28. The second-order valence-electron chi connectivity index (χ2n) is 4.28. The lowest BCUT2D eigenvalue weighted by Gasteiger charge is -2.37. The highest BCUT2D eigenvalue weighted by atomic mass is 16.5. The van der Waals surface area contributed by atoms with Crippen LogP contribution in [0.1, 0.15) is 19.8 Å². The molecule has 0 bridgehead atoms. The quantitative estimate of drug-likeness (QED) is 0.405. The summed E-state index contributed by atoms with van der Waals surface area (Å²) < 4.78 is 4.84. The summed E-state index contributed by atoms with van der Waals surface area (Å²) in [6.07, 6.45) is 0.345. The summed E-state index contributed by atoms with van der Waals surface area (Å²) in [5, 5.41) is 18.6.